The molecule has 2 aliphatic heterocycles. The molecule has 1 atom stereocenters. The number of aliphatic hydroxyl groups excluding tert-OH is 1. The Kier molecular flexibility index (Phi) is 1.44. The van der Waals surface area contributed by atoms with Gasteiger partial charge in [-0.15, -0.1) is 0 Å². The molecule has 0 aliphatic carbocycles. The summed E-state index contributed by atoms with van der Waals surface area (Å²) in [5, 5.41) is 12.7. The van der Waals surface area contributed by atoms with Crippen molar-refractivity contribution in [1.82, 2.24) is 5.32 Å². The summed E-state index contributed by atoms with van der Waals surface area (Å²) in [5.41, 5.74) is 0.130. The van der Waals surface area contributed by atoms with Gasteiger partial charge < -0.3 is 15.2 Å². The van der Waals surface area contributed by atoms with Gasteiger partial charge in [0.05, 0.1) is 19.3 Å². The number of piperidine rings is 1. The van der Waals surface area contributed by atoms with E-state index in [0.29, 0.717) is 0 Å². The monoisotopic (exact) mass is 143 g/mol. The molecule has 0 bridgehead atoms. The van der Waals surface area contributed by atoms with Gasteiger partial charge in [0, 0.05) is 12.0 Å². The minimum absolute atomic E-state index is 0.130. The molecule has 0 radical (unpaired) electrons. The zero-order valence-electron chi connectivity index (χ0n) is 5.97. The van der Waals surface area contributed by atoms with Crippen LogP contribution in [0.1, 0.15) is 6.42 Å². The normalized spacial score (nSPS) is 37.5. The summed E-state index contributed by atoms with van der Waals surface area (Å²) < 4.78 is 5.10. The molecular formula is C7H13NO2. The van der Waals surface area contributed by atoms with Gasteiger partial charge in [-0.1, -0.05) is 0 Å². The molecular weight excluding hydrogens is 130 g/mol. The molecule has 0 aromatic heterocycles. The minimum Gasteiger partial charge on any atom is -0.391 e. The van der Waals surface area contributed by atoms with Crippen LogP contribution in [0.15, 0.2) is 0 Å². The van der Waals surface area contributed by atoms with Gasteiger partial charge in [-0.3, -0.25) is 0 Å². The summed E-state index contributed by atoms with van der Waals surface area (Å²) in [6.45, 7) is 3.29. The highest BCUT2D eigenvalue weighted by atomic mass is 16.5. The fourth-order valence-corrected chi connectivity index (χ4v) is 1.66. The first-order chi connectivity index (χ1) is 4.83. The van der Waals surface area contributed by atoms with E-state index >= 15 is 0 Å². The van der Waals surface area contributed by atoms with Crippen molar-refractivity contribution < 1.29 is 9.84 Å². The third-order valence-electron chi connectivity index (χ3n) is 2.62. The fraction of sp³-hybridized carbons (Fsp3) is 1.00. The lowest BCUT2D eigenvalue weighted by Crippen LogP contribution is -2.59. The van der Waals surface area contributed by atoms with Crippen molar-refractivity contribution >= 4 is 0 Å². The van der Waals surface area contributed by atoms with Crippen molar-refractivity contribution in [3.05, 3.63) is 0 Å². The molecule has 58 valence electrons. The molecule has 2 aliphatic rings. The molecule has 1 spiro atoms. The van der Waals surface area contributed by atoms with E-state index in [1.807, 2.05) is 0 Å². The van der Waals surface area contributed by atoms with Crippen LogP contribution < -0.4 is 5.32 Å². The number of hydrogen-bond acceptors (Lipinski definition) is 3. The van der Waals surface area contributed by atoms with Crippen molar-refractivity contribution in [3.63, 3.8) is 0 Å². The van der Waals surface area contributed by atoms with E-state index in [-0.39, 0.29) is 11.5 Å². The van der Waals surface area contributed by atoms with Crippen molar-refractivity contribution in [2.45, 2.75) is 12.5 Å². The van der Waals surface area contributed by atoms with Gasteiger partial charge in [-0.2, -0.15) is 0 Å². The molecule has 2 rings (SSSR count). The predicted octanol–water partition coefficient (Wildman–Crippen LogP) is -0.643. The highest BCUT2D eigenvalue weighted by Crippen LogP contribution is 2.36. The Balaban J connectivity index is 2.03. The highest BCUT2D eigenvalue weighted by molar-refractivity contribution is 4.96. The molecule has 2 heterocycles. The predicted molar refractivity (Wildman–Crippen MR) is 36.7 cm³/mol. The van der Waals surface area contributed by atoms with E-state index < -0.39 is 0 Å². The van der Waals surface area contributed by atoms with E-state index in [1.165, 1.54) is 0 Å². The van der Waals surface area contributed by atoms with Gasteiger partial charge in [0.1, 0.15) is 0 Å². The van der Waals surface area contributed by atoms with E-state index in [4.69, 9.17) is 4.74 Å². The average Bonchev–Trinajstić information content (AvgIpc) is 1.85. The van der Waals surface area contributed by atoms with Crippen molar-refractivity contribution in [2.75, 3.05) is 26.3 Å². The fourth-order valence-electron chi connectivity index (χ4n) is 1.66. The summed E-state index contributed by atoms with van der Waals surface area (Å²) >= 11 is 0. The third-order valence-corrected chi connectivity index (χ3v) is 2.62. The summed E-state index contributed by atoms with van der Waals surface area (Å²) in [6, 6.07) is 0. The molecule has 2 N–H and O–H groups in total. The van der Waals surface area contributed by atoms with Crippen LogP contribution in [0.25, 0.3) is 0 Å². The Hall–Kier alpha value is -0.120. The van der Waals surface area contributed by atoms with Gasteiger partial charge in [-0.05, 0) is 13.0 Å². The second-order valence-corrected chi connectivity index (χ2v) is 3.33. The standard InChI is InChI=1S/C7H13NO2/c9-6-3-8-2-1-7(6)4-10-5-7/h6,8-9H,1-5H2. The second-order valence-electron chi connectivity index (χ2n) is 3.33. The van der Waals surface area contributed by atoms with Crippen LogP contribution in [0.5, 0.6) is 0 Å². The number of β-amino-alcohol motifs (C(OH)–C–C–N with tert-alkyl or cyclic N) is 1. The number of hydrogen-bond donors (Lipinski definition) is 2. The number of aliphatic hydroxyl groups is 1. The lowest BCUT2D eigenvalue weighted by atomic mass is 9.75. The first-order valence-corrected chi connectivity index (χ1v) is 3.80. The van der Waals surface area contributed by atoms with Crippen LogP contribution >= 0.6 is 0 Å². The van der Waals surface area contributed by atoms with E-state index in [1.54, 1.807) is 0 Å². The molecule has 0 aromatic rings. The maximum Gasteiger partial charge on any atom is 0.0765 e. The summed E-state index contributed by atoms with van der Waals surface area (Å²) in [5.74, 6) is 0. The molecule has 2 saturated heterocycles. The summed E-state index contributed by atoms with van der Waals surface area (Å²) in [4.78, 5) is 0. The Bertz CT molecular complexity index is 134. The van der Waals surface area contributed by atoms with Crippen LogP contribution in [0, 0.1) is 5.41 Å². The molecule has 0 aromatic carbocycles. The summed E-state index contributed by atoms with van der Waals surface area (Å²) in [6.07, 6.45) is 0.878. The first kappa shape index (κ1) is 6.58. The van der Waals surface area contributed by atoms with Gasteiger partial charge in [0.15, 0.2) is 0 Å². The van der Waals surface area contributed by atoms with Gasteiger partial charge in [0.25, 0.3) is 0 Å². The Morgan fingerprint density at radius 1 is 1.50 bits per heavy atom. The minimum atomic E-state index is -0.185. The van der Waals surface area contributed by atoms with Crippen LogP contribution in [0.2, 0.25) is 0 Å². The zero-order valence-corrected chi connectivity index (χ0v) is 5.97. The Labute approximate surface area is 60.4 Å². The van der Waals surface area contributed by atoms with Gasteiger partial charge >= 0.3 is 0 Å². The maximum atomic E-state index is 9.54. The lowest BCUT2D eigenvalue weighted by Gasteiger charge is -2.47. The molecule has 3 heteroatoms. The van der Waals surface area contributed by atoms with Crippen molar-refractivity contribution in [2.24, 2.45) is 5.41 Å². The van der Waals surface area contributed by atoms with Crippen LogP contribution in [-0.2, 0) is 4.74 Å². The Morgan fingerprint density at radius 3 is 2.70 bits per heavy atom. The SMILES string of the molecule is OC1CNCCC12COC2. The first-order valence-electron chi connectivity index (χ1n) is 3.80. The van der Waals surface area contributed by atoms with Crippen LogP contribution in [0.4, 0.5) is 0 Å². The quantitative estimate of drug-likeness (QED) is 0.474. The van der Waals surface area contributed by atoms with Crippen molar-refractivity contribution in [1.29, 1.82) is 0 Å². The second kappa shape index (κ2) is 2.19. The third kappa shape index (κ3) is 0.779. The molecule has 3 nitrogen and oxygen atoms in total. The van der Waals surface area contributed by atoms with Crippen LogP contribution in [-0.4, -0.2) is 37.5 Å². The zero-order chi connectivity index (χ0) is 7.03. The smallest absolute Gasteiger partial charge is 0.0765 e. The number of ether oxygens (including phenoxy) is 1. The largest absolute Gasteiger partial charge is 0.391 e. The molecule has 10 heavy (non-hydrogen) atoms. The number of nitrogens with one attached hydrogen (secondary N) is 1. The molecule has 0 saturated carbocycles. The van der Waals surface area contributed by atoms with Gasteiger partial charge in [-0.25, -0.2) is 0 Å². The average molecular weight is 143 g/mol. The summed E-state index contributed by atoms with van der Waals surface area (Å²) in [7, 11) is 0. The van der Waals surface area contributed by atoms with E-state index in [9.17, 15) is 5.11 Å². The lowest BCUT2D eigenvalue weighted by molar-refractivity contribution is -0.182. The number of rotatable bonds is 0. The van der Waals surface area contributed by atoms with Crippen LogP contribution in [0.3, 0.4) is 0 Å². The van der Waals surface area contributed by atoms with Gasteiger partial charge in [0.2, 0.25) is 0 Å². The highest BCUT2D eigenvalue weighted by Gasteiger charge is 2.46. The van der Waals surface area contributed by atoms with Crippen molar-refractivity contribution in [3.8, 4) is 0 Å². The van der Waals surface area contributed by atoms with E-state index in [2.05, 4.69) is 5.32 Å². The molecule has 2 fully saturated rings. The molecule has 0 amide bonds. The maximum absolute atomic E-state index is 9.54. The Morgan fingerprint density at radius 2 is 2.30 bits per heavy atom. The molecule has 1 unspecified atom stereocenters. The van der Waals surface area contributed by atoms with E-state index in [0.717, 1.165) is 32.7 Å². The topological polar surface area (TPSA) is 41.5 Å².